The van der Waals surface area contributed by atoms with E-state index in [1.165, 1.54) is 0 Å². The highest BCUT2D eigenvalue weighted by atomic mass is 35.5. The monoisotopic (exact) mass is 388 g/mol. The Morgan fingerprint density at radius 1 is 1.33 bits per heavy atom. The first-order valence-corrected chi connectivity index (χ1v) is 9.54. The zero-order valence-electron chi connectivity index (χ0n) is 15.1. The van der Waals surface area contributed by atoms with Gasteiger partial charge in [-0.3, -0.25) is 9.59 Å². The van der Waals surface area contributed by atoms with Gasteiger partial charge >= 0.3 is 0 Å². The number of benzene rings is 1. The van der Waals surface area contributed by atoms with Gasteiger partial charge in [0.1, 0.15) is 0 Å². The summed E-state index contributed by atoms with van der Waals surface area (Å²) in [7, 11) is 0. The Labute approximate surface area is 162 Å². The first-order valence-electron chi connectivity index (χ1n) is 9.16. The molecule has 4 rings (SSSR count). The van der Waals surface area contributed by atoms with Gasteiger partial charge in [-0.15, -0.1) is 0 Å². The third-order valence-electron chi connectivity index (χ3n) is 5.22. The van der Waals surface area contributed by atoms with Crippen LogP contribution >= 0.6 is 11.6 Å². The summed E-state index contributed by atoms with van der Waals surface area (Å²) in [4.78, 5) is 33.3. The summed E-state index contributed by atoms with van der Waals surface area (Å²) in [6.07, 6.45) is 2.03. The lowest BCUT2D eigenvalue weighted by Crippen LogP contribution is -2.43. The second-order valence-electron chi connectivity index (χ2n) is 7.19. The Kier molecular flexibility index (Phi) is 4.86. The van der Waals surface area contributed by atoms with Gasteiger partial charge in [-0.2, -0.15) is 4.98 Å². The Bertz CT molecular complexity index is 868. The smallest absolute Gasteiger partial charge is 0.231 e. The molecule has 0 bridgehead atoms. The molecule has 0 radical (unpaired) electrons. The zero-order valence-corrected chi connectivity index (χ0v) is 15.9. The van der Waals surface area contributed by atoms with Crippen molar-refractivity contribution >= 4 is 29.1 Å². The van der Waals surface area contributed by atoms with Gasteiger partial charge in [0.05, 0.1) is 11.8 Å². The van der Waals surface area contributed by atoms with Crippen molar-refractivity contribution in [1.29, 1.82) is 0 Å². The molecule has 3 heterocycles. The summed E-state index contributed by atoms with van der Waals surface area (Å²) < 4.78 is 5.29. The van der Waals surface area contributed by atoms with Crippen molar-refractivity contribution in [2.75, 3.05) is 24.5 Å². The number of piperidine rings is 1. The molecule has 2 saturated heterocycles. The molecule has 27 heavy (non-hydrogen) atoms. The van der Waals surface area contributed by atoms with Gasteiger partial charge in [0.15, 0.2) is 5.82 Å². The average Bonchev–Trinajstić information content (AvgIpc) is 3.27. The number of amides is 2. The summed E-state index contributed by atoms with van der Waals surface area (Å²) in [5.41, 5.74) is 0.737. The van der Waals surface area contributed by atoms with E-state index in [0.29, 0.717) is 36.4 Å². The molecule has 2 aliphatic rings. The van der Waals surface area contributed by atoms with E-state index < -0.39 is 0 Å². The van der Waals surface area contributed by atoms with Crippen LogP contribution in [0.25, 0.3) is 0 Å². The van der Waals surface area contributed by atoms with Crippen LogP contribution in [-0.4, -0.2) is 46.5 Å². The molecule has 2 unspecified atom stereocenters. The normalized spacial score (nSPS) is 23.1. The molecule has 1 aromatic carbocycles. The number of aromatic nitrogens is 2. The van der Waals surface area contributed by atoms with E-state index in [-0.39, 0.29) is 30.1 Å². The summed E-state index contributed by atoms with van der Waals surface area (Å²) in [5, 5.41) is 4.42. The van der Waals surface area contributed by atoms with E-state index in [1.54, 1.807) is 24.0 Å². The molecule has 0 spiro atoms. The predicted octanol–water partition coefficient (Wildman–Crippen LogP) is 2.79. The molecule has 2 fully saturated rings. The quantitative estimate of drug-likeness (QED) is 0.807. The Morgan fingerprint density at radius 2 is 2.19 bits per heavy atom. The number of halogens is 1. The van der Waals surface area contributed by atoms with Crippen LogP contribution in [0.15, 0.2) is 28.8 Å². The maximum Gasteiger partial charge on any atom is 0.231 e. The fourth-order valence-corrected chi connectivity index (χ4v) is 4.07. The van der Waals surface area contributed by atoms with Gasteiger partial charge in [-0.25, -0.2) is 0 Å². The van der Waals surface area contributed by atoms with Gasteiger partial charge < -0.3 is 14.3 Å². The molecule has 142 valence electrons. The predicted molar refractivity (Wildman–Crippen MR) is 99.5 cm³/mol. The Morgan fingerprint density at radius 3 is 2.93 bits per heavy atom. The van der Waals surface area contributed by atoms with Crippen molar-refractivity contribution in [3.63, 3.8) is 0 Å². The molecular formula is C19H21ClN4O3. The van der Waals surface area contributed by atoms with Crippen LogP contribution in [0.4, 0.5) is 5.69 Å². The van der Waals surface area contributed by atoms with Gasteiger partial charge in [-0.1, -0.05) is 22.8 Å². The SMILES string of the molecule is Cc1noc(C2CCCN(C(=O)C3CC(=O)N(c4cccc(Cl)c4)C3)C2)n1. The molecule has 2 aliphatic heterocycles. The number of anilines is 1. The lowest BCUT2D eigenvalue weighted by Gasteiger charge is -2.32. The lowest BCUT2D eigenvalue weighted by atomic mass is 9.96. The van der Waals surface area contributed by atoms with E-state index in [1.807, 2.05) is 17.0 Å². The highest BCUT2D eigenvalue weighted by molar-refractivity contribution is 6.31. The maximum atomic E-state index is 13.0. The van der Waals surface area contributed by atoms with Crippen molar-refractivity contribution in [2.45, 2.75) is 32.1 Å². The highest BCUT2D eigenvalue weighted by Crippen LogP contribution is 2.31. The van der Waals surface area contributed by atoms with Crippen LogP contribution < -0.4 is 4.90 Å². The van der Waals surface area contributed by atoms with Crippen LogP contribution in [-0.2, 0) is 9.59 Å². The number of aryl methyl sites for hydroxylation is 1. The largest absolute Gasteiger partial charge is 0.342 e. The van der Waals surface area contributed by atoms with Crippen molar-refractivity contribution in [1.82, 2.24) is 15.0 Å². The minimum atomic E-state index is -0.334. The molecule has 7 nitrogen and oxygen atoms in total. The molecule has 2 aromatic rings. The van der Waals surface area contributed by atoms with E-state index in [2.05, 4.69) is 10.1 Å². The number of nitrogens with zero attached hydrogens (tertiary/aromatic N) is 4. The Balaban J connectivity index is 1.44. The molecule has 0 N–H and O–H groups in total. The van der Waals surface area contributed by atoms with Crippen LogP contribution in [0.3, 0.4) is 0 Å². The fourth-order valence-electron chi connectivity index (χ4n) is 3.88. The van der Waals surface area contributed by atoms with Gasteiger partial charge in [0, 0.05) is 36.8 Å². The number of hydrogen-bond acceptors (Lipinski definition) is 5. The molecule has 2 amide bonds. The van der Waals surface area contributed by atoms with E-state index >= 15 is 0 Å². The van der Waals surface area contributed by atoms with Crippen molar-refractivity contribution in [3.05, 3.63) is 41.0 Å². The summed E-state index contributed by atoms with van der Waals surface area (Å²) >= 11 is 6.03. The van der Waals surface area contributed by atoms with Crippen LogP contribution in [0.5, 0.6) is 0 Å². The summed E-state index contributed by atoms with van der Waals surface area (Å²) in [5.74, 6) is 0.898. The van der Waals surface area contributed by atoms with E-state index in [9.17, 15) is 9.59 Å². The van der Waals surface area contributed by atoms with Gasteiger partial charge in [-0.05, 0) is 38.0 Å². The number of likely N-dealkylation sites (tertiary alicyclic amines) is 1. The third kappa shape index (κ3) is 3.69. The number of carbonyl (C=O) groups is 2. The van der Waals surface area contributed by atoms with Crippen LogP contribution in [0.1, 0.15) is 36.9 Å². The second kappa shape index (κ2) is 7.31. The van der Waals surface area contributed by atoms with Crippen molar-refractivity contribution in [2.24, 2.45) is 5.92 Å². The molecular weight excluding hydrogens is 368 g/mol. The summed E-state index contributed by atoms with van der Waals surface area (Å²) in [6, 6.07) is 7.16. The lowest BCUT2D eigenvalue weighted by molar-refractivity contribution is -0.137. The third-order valence-corrected chi connectivity index (χ3v) is 5.45. The fraction of sp³-hybridized carbons (Fsp3) is 0.474. The van der Waals surface area contributed by atoms with Gasteiger partial charge in [0.25, 0.3) is 0 Å². The Hall–Kier alpha value is -2.41. The topological polar surface area (TPSA) is 79.5 Å². The molecule has 0 aliphatic carbocycles. The highest BCUT2D eigenvalue weighted by Gasteiger charge is 2.39. The standard InChI is InChI=1S/C19H21ClN4O3/c1-12-21-18(27-22-12)13-4-3-7-23(10-13)19(26)14-8-17(25)24(11-14)16-6-2-5-15(20)9-16/h2,5-6,9,13-14H,3-4,7-8,10-11H2,1H3. The molecule has 1 aromatic heterocycles. The van der Waals surface area contributed by atoms with Crippen molar-refractivity contribution in [3.8, 4) is 0 Å². The first kappa shape index (κ1) is 18.0. The maximum absolute atomic E-state index is 13.0. The molecule has 8 heteroatoms. The number of hydrogen-bond donors (Lipinski definition) is 0. The minimum Gasteiger partial charge on any atom is -0.342 e. The second-order valence-corrected chi connectivity index (χ2v) is 7.62. The molecule has 0 saturated carbocycles. The summed E-state index contributed by atoms with van der Waals surface area (Å²) in [6.45, 7) is 3.43. The number of rotatable bonds is 3. The number of carbonyl (C=O) groups excluding carboxylic acids is 2. The van der Waals surface area contributed by atoms with Gasteiger partial charge in [0.2, 0.25) is 17.7 Å². The zero-order chi connectivity index (χ0) is 19.0. The van der Waals surface area contributed by atoms with E-state index in [4.69, 9.17) is 16.1 Å². The minimum absolute atomic E-state index is 0.0221. The first-order chi connectivity index (χ1) is 13.0. The van der Waals surface area contributed by atoms with E-state index in [0.717, 1.165) is 18.5 Å². The average molecular weight is 389 g/mol. The molecule has 2 atom stereocenters. The van der Waals surface area contributed by atoms with Crippen LogP contribution in [0, 0.1) is 12.8 Å². The van der Waals surface area contributed by atoms with Crippen molar-refractivity contribution < 1.29 is 14.1 Å². The van der Waals surface area contributed by atoms with Crippen LogP contribution in [0.2, 0.25) is 5.02 Å².